The van der Waals surface area contributed by atoms with Crippen molar-refractivity contribution in [3.8, 4) is 6.07 Å². The molecule has 0 saturated carbocycles. The van der Waals surface area contributed by atoms with Crippen molar-refractivity contribution in [3.63, 3.8) is 0 Å². The van der Waals surface area contributed by atoms with Crippen molar-refractivity contribution in [2.24, 2.45) is 5.92 Å². The van der Waals surface area contributed by atoms with Crippen molar-refractivity contribution in [1.82, 2.24) is 4.98 Å². The summed E-state index contributed by atoms with van der Waals surface area (Å²) in [6.45, 7) is 8.48. The van der Waals surface area contributed by atoms with E-state index in [0.717, 1.165) is 31.3 Å². The fourth-order valence-corrected chi connectivity index (χ4v) is 1.63. The number of rotatable bonds is 6. The second-order valence-electron chi connectivity index (χ2n) is 3.98. The van der Waals surface area contributed by atoms with Crippen LogP contribution in [0.5, 0.6) is 0 Å². The number of nitriles is 1. The van der Waals surface area contributed by atoms with Gasteiger partial charge in [0, 0.05) is 19.6 Å². The van der Waals surface area contributed by atoms with E-state index in [1.165, 1.54) is 0 Å². The smallest absolute Gasteiger partial charge is 0.130 e. The normalized spacial score (nSPS) is 11.6. The van der Waals surface area contributed by atoms with Crippen LogP contribution in [0.3, 0.4) is 0 Å². The first-order valence-electron chi connectivity index (χ1n) is 6.06. The van der Waals surface area contributed by atoms with Crippen molar-refractivity contribution >= 4 is 11.6 Å². The fraction of sp³-hybridized carbons (Fsp3) is 0.538. The van der Waals surface area contributed by atoms with Crippen LogP contribution in [-0.2, 0) is 0 Å². The van der Waals surface area contributed by atoms with Gasteiger partial charge in [-0.05, 0) is 32.9 Å². The average molecular weight is 232 g/mol. The molecule has 4 nitrogen and oxygen atoms in total. The topological polar surface area (TPSA) is 52.0 Å². The summed E-state index contributed by atoms with van der Waals surface area (Å²) >= 11 is 0. The van der Waals surface area contributed by atoms with Gasteiger partial charge in [-0.1, -0.05) is 6.07 Å². The molecule has 0 aliphatic rings. The van der Waals surface area contributed by atoms with Gasteiger partial charge in [0.15, 0.2) is 0 Å². The van der Waals surface area contributed by atoms with E-state index in [9.17, 15) is 0 Å². The molecule has 1 unspecified atom stereocenters. The van der Waals surface area contributed by atoms with Crippen LogP contribution in [0.1, 0.15) is 20.8 Å². The molecule has 1 N–H and O–H groups in total. The molecule has 0 bridgehead atoms. The predicted octanol–water partition coefficient (Wildman–Crippen LogP) is 2.50. The van der Waals surface area contributed by atoms with Gasteiger partial charge in [0.05, 0.1) is 12.0 Å². The summed E-state index contributed by atoms with van der Waals surface area (Å²) in [5, 5.41) is 12.0. The van der Waals surface area contributed by atoms with E-state index in [1.54, 1.807) is 0 Å². The Kier molecular flexibility index (Phi) is 5.28. The Bertz CT molecular complexity index is 383. The van der Waals surface area contributed by atoms with Gasteiger partial charge in [-0.3, -0.25) is 0 Å². The highest BCUT2D eigenvalue weighted by Crippen LogP contribution is 2.15. The number of nitrogens with zero attached hydrogens (tertiary/aromatic N) is 3. The minimum absolute atomic E-state index is 0.0135. The summed E-state index contributed by atoms with van der Waals surface area (Å²) in [6.07, 6.45) is 0. The van der Waals surface area contributed by atoms with E-state index < -0.39 is 0 Å². The second-order valence-corrected chi connectivity index (χ2v) is 3.98. The number of anilines is 2. The highest BCUT2D eigenvalue weighted by molar-refractivity contribution is 5.47. The standard InChI is InChI=1S/C13H20N4/c1-4-15-12-7-6-8-13(16-12)17(5-2)10-11(3)9-14/h6-8,11H,4-5,10H2,1-3H3,(H,15,16). The van der Waals surface area contributed by atoms with Gasteiger partial charge < -0.3 is 10.2 Å². The van der Waals surface area contributed by atoms with E-state index in [0.29, 0.717) is 0 Å². The third kappa shape index (κ3) is 3.95. The summed E-state index contributed by atoms with van der Waals surface area (Å²) in [6, 6.07) is 8.17. The van der Waals surface area contributed by atoms with Crippen molar-refractivity contribution in [1.29, 1.82) is 5.26 Å². The zero-order chi connectivity index (χ0) is 12.7. The molecule has 92 valence electrons. The molecule has 1 rings (SSSR count). The van der Waals surface area contributed by atoms with Crippen LogP contribution in [0.2, 0.25) is 0 Å². The first kappa shape index (κ1) is 13.3. The van der Waals surface area contributed by atoms with Crippen LogP contribution in [0.4, 0.5) is 11.6 Å². The predicted molar refractivity (Wildman–Crippen MR) is 71.1 cm³/mol. The largest absolute Gasteiger partial charge is 0.370 e. The zero-order valence-electron chi connectivity index (χ0n) is 10.8. The molecule has 0 radical (unpaired) electrons. The van der Waals surface area contributed by atoms with Crippen LogP contribution >= 0.6 is 0 Å². The Hall–Kier alpha value is -1.76. The lowest BCUT2D eigenvalue weighted by Gasteiger charge is -2.23. The molecule has 1 atom stereocenters. The van der Waals surface area contributed by atoms with E-state index in [2.05, 4.69) is 28.2 Å². The van der Waals surface area contributed by atoms with E-state index in [-0.39, 0.29) is 5.92 Å². The van der Waals surface area contributed by atoms with Crippen LogP contribution in [0.15, 0.2) is 18.2 Å². The highest BCUT2D eigenvalue weighted by Gasteiger charge is 2.10. The summed E-state index contributed by atoms with van der Waals surface area (Å²) in [7, 11) is 0. The summed E-state index contributed by atoms with van der Waals surface area (Å²) in [4.78, 5) is 6.65. The average Bonchev–Trinajstić information content (AvgIpc) is 2.36. The van der Waals surface area contributed by atoms with Gasteiger partial charge in [-0.25, -0.2) is 4.98 Å². The second kappa shape index (κ2) is 6.74. The van der Waals surface area contributed by atoms with E-state index in [1.807, 2.05) is 32.0 Å². The maximum Gasteiger partial charge on any atom is 0.130 e. The molecule has 0 aliphatic carbocycles. The lowest BCUT2D eigenvalue weighted by molar-refractivity contribution is 0.680. The monoisotopic (exact) mass is 232 g/mol. The lowest BCUT2D eigenvalue weighted by atomic mass is 10.2. The van der Waals surface area contributed by atoms with E-state index in [4.69, 9.17) is 5.26 Å². The number of hydrogen-bond donors (Lipinski definition) is 1. The number of nitrogens with one attached hydrogen (secondary N) is 1. The maximum absolute atomic E-state index is 8.86. The molecule has 1 aromatic heterocycles. The fourth-order valence-electron chi connectivity index (χ4n) is 1.63. The molecule has 0 saturated heterocycles. The third-order valence-corrected chi connectivity index (χ3v) is 2.51. The summed E-state index contributed by atoms with van der Waals surface area (Å²) in [5.41, 5.74) is 0. The summed E-state index contributed by atoms with van der Waals surface area (Å²) < 4.78 is 0. The quantitative estimate of drug-likeness (QED) is 0.818. The van der Waals surface area contributed by atoms with Crippen LogP contribution in [0, 0.1) is 17.2 Å². The molecule has 0 amide bonds. The lowest BCUT2D eigenvalue weighted by Crippen LogP contribution is -2.28. The highest BCUT2D eigenvalue weighted by atomic mass is 15.2. The van der Waals surface area contributed by atoms with Crippen molar-refractivity contribution < 1.29 is 0 Å². The Morgan fingerprint density at radius 3 is 2.82 bits per heavy atom. The number of pyridine rings is 1. The van der Waals surface area contributed by atoms with Gasteiger partial charge in [-0.2, -0.15) is 5.26 Å². The van der Waals surface area contributed by atoms with Crippen molar-refractivity contribution in [2.75, 3.05) is 29.9 Å². The van der Waals surface area contributed by atoms with Crippen molar-refractivity contribution in [2.45, 2.75) is 20.8 Å². The number of hydrogen-bond acceptors (Lipinski definition) is 4. The Morgan fingerprint density at radius 2 is 2.24 bits per heavy atom. The molecular formula is C13H20N4. The molecule has 17 heavy (non-hydrogen) atoms. The first-order valence-corrected chi connectivity index (χ1v) is 6.06. The maximum atomic E-state index is 8.86. The molecular weight excluding hydrogens is 212 g/mol. The molecule has 0 aromatic carbocycles. The van der Waals surface area contributed by atoms with Crippen molar-refractivity contribution in [3.05, 3.63) is 18.2 Å². The van der Waals surface area contributed by atoms with Gasteiger partial charge >= 0.3 is 0 Å². The molecule has 0 fully saturated rings. The minimum atomic E-state index is 0.0135. The Balaban J connectivity index is 2.81. The molecule has 1 heterocycles. The van der Waals surface area contributed by atoms with Gasteiger partial charge in [0.1, 0.15) is 11.6 Å². The Morgan fingerprint density at radius 1 is 1.47 bits per heavy atom. The van der Waals surface area contributed by atoms with Gasteiger partial charge in [-0.15, -0.1) is 0 Å². The summed E-state index contributed by atoms with van der Waals surface area (Å²) in [5.74, 6) is 1.82. The SMILES string of the molecule is CCNc1cccc(N(CC)CC(C)C#N)n1. The van der Waals surface area contributed by atoms with Gasteiger partial charge in [0.2, 0.25) is 0 Å². The molecule has 0 spiro atoms. The number of aromatic nitrogens is 1. The van der Waals surface area contributed by atoms with Gasteiger partial charge in [0.25, 0.3) is 0 Å². The molecule has 0 aliphatic heterocycles. The first-order chi connectivity index (χ1) is 8.21. The minimum Gasteiger partial charge on any atom is -0.370 e. The molecule has 1 aromatic rings. The molecule has 4 heteroatoms. The zero-order valence-corrected chi connectivity index (χ0v) is 10.8. The van der Waals surface area contributed by atoms with Crippen LogP contribution in [0.25, 0.3) is 0 Å². The third-order valence-electron chi connectivity index (χ3n) is 2.51. The van der Waals surface area contributed by atoms with E-state index >= 15 is 0 Å². The van der Waals surface area contributed by atoms with Crippen LogP contribution < -0.4 is 10.2 Å². The van der Waals surface area contributed by atoms with Crippen LogP contribution in [-0.4, -0.2) is 24.6 Å². The Labute approximate surface area is 103 Å².